The number of nitrogens with zero attached hydrogens (tertiary/aromatic N) is 4. The van der Waals surface area contributed by atoms with Gasteiger partial charge in [0.1, 0.15) is 10.7 Å². The van der Waals surface area contributed by atoms with E-state index in [9.17, 15) is 9.59 Å². The van der Waals surface area contributed by atoms with Gasteiger partial charge in [0.05, 0.1) is 5.69 Å². The van der Waals surface area contributed by atoms with E-state index in [1.807, 2.05) is 16.7 Å². The van der Waals surface area contributed by atoms with E-state index in [0.29, 0.717) is 18.8 Å². The van der Waals surface area contributed by atoms with Crippen molar-refractivity contribution >= 4 is 28.0 Å². The van der Waals surface area contributed by atoms with Crippen LogP contribution in [0.15, 0.2) is 11.6 Å². The van der Waals surface area contributed by atoms with Crippen LogP contribution in [0.5, 0.6) is 0 Å². The zero-order valence-corrected chi connectivity index (χ0v) is 16.1. The van der Waals surface area contributed by atoms with Crippen LogP contribution in [0.1, 0.15) is 56.0 Å². The number of aromatic nitrogens is 2. The maximum atomic E-state index is 12.5. The summed E-state index contributed by atoms with van der Waals surface area (Å²) in [5.74, 6) is 1.97. The van der Waals surface area contributed by atoms with Crippen molar-refractivity contribution in [2.24, 2.45) is 0 Å². The molecule has 140 valence electrons. The molecule has 2 amide bonds. The minimum Gasteiger partial charge on any atom is -0.343 e. The van der Waals surface area contributed by atoms with E-state index in [4.69, 9.17) is 4.98 Å². The number of thiazole rings is 1. The van der Waals surface area contributed by atoms with Crippen LogP contribution >= 0.6 is 11.3 Å². The Kier molecular flexibility index (Phi) is 4.98. The Morgan fingerprint density at radius 3 is 2.85 bits per heavy atom. The quantitative estimate of drug-likeness (QED) is 0.809. The molecule has 2 aromatic rings. The fourth-order valence-electron chi connectivity index (χ4n) is 4.18. The largest absolute Gasteiger partial charge is 0.343 e. The van der Waals surface area contributed by atoms with Gasteiger partial charge < -0.3 is 9.80 Å². The minimum atomic E-state index is 0.234. The van der Waals surface area contributed by atoms with Gasteiger partial charge in [-0.3, -0.25) is 14.0 Å². The van der Waals surface area contributed by atoms with Gasteiger partial charge in [-0.25, -0.2) is 4.98 Å². The third-order valence-corrected chi connectivity index (χ3v) is 6.57. The molecule has 0 bridgehead atoms. The Morgan fingerprint density at radius 2 is 2.12 bits per heavy atom. The fraction of sp³-hybridized carbons (Fsp3) is 0.632. The smallest absolute Gasteiger partial charge is 0.222 e. The van der Waals surface area contributed by atoms with Crippen LogP contribution in [0.3, 0.4) is 0 Å². The molecule has 26 heavy (non-hydrogen) atoms. The van der Waals surface area contributed by atoms with Gasteiger partial charge in [-0.05, 0) is 32.6 Å². The molecule has 0 unspecified atom stereocenters. The molecule has 0 N–H and O–H groups in total. The van der Waals surface area contributed by atoms with Gasteiger partial charge in [0.2, 0.25) is 11.8 Å². The van der Waals surface area contributed by atoms with Gasteiger partial charge in [-0.15, -0.1) is 11.3 Å². The highest BCUT2D eigenvalue weighted by Crippen LogP contribution is 2.33. The SMILES string of the molecule is Cc1nc(C2CCN(C(=O)CCCN3CCCC3=O)CC2)c2sccn12. The Balaban J connectivity index is 1.27. The summed E-state index contributed by atoms with van der Waals surface area (Å²) in [5, 5.41) is 2.11. The average molecular weight is 375 g/mol. The molecule has 0 saturated carbocycles. The number of piperidine rings is 1. The van der Waals surface area contributed by atoms with E-state index >= 15 is 0 Å². The molecule has 6 nitrogen and oxygen atoms in total. The van der Waals surface area contributed by atoms with E-state index in [0.717, 1.165) is 57.7 Å². The first kappa shape index (κ1) is 17.5. The van der Waals surface area contributed by atoms with Crippen LogP contribution in [-0.4, -0.2) is 57.2 Å². The van der Waals surface area contributed by atoms with E-state index < -0.39 is 0 Å². The normalized spacial score (nSPS) is 19.0. The van der Waals surface area contributed by atoms with Gasteiger partial charge in [0, 0.05) is 56.5 Å². The lowest BCUT2D eigenvalue weighted by Crippen LogP contribution is -2.38. The van der Waals surface area contributed by atoms with Crippen molar-refractivity contribution in [1.29, 1.82) is 0 Å². The highest BCUT2D eigenvalue weighted by atomic mass is 32.1. The molecule has 0 aromatic carbocycles. The second-order valence-electron chi connectivity index (χ2n) is 7.37. The van der Waals surface area contributed by atoms with E-state index in [-0.39, 0.29) is 11.8 Å². The topological polar surface area (TPSA) is 57.9 Å². The summed E-state index contributed by atoms with van der Waals surface area (Å²) in [5.41, 5.74) is 1.21. The number of hydrogen-bond donors (Lipinski definition) is 0. The monoisotopic (exact) mass is 374 g/mol. The summed E-state index contributed by atoms with van der Waals surface area (Å²) in [4.78, 5) is 34.0. The van der Waals surface area contributed by atoms with Gasteiger partial charge in [-0.1, -0.05) is 0 Å². The fourth-order valence-corrected chi connectivity index (χ4v) is 5.13. The summed E-state index contributed by atoms with van der Waals surface area (Å²) in [7, 11) is 0. The molecule has 2 aliphatic heterocycles. The molecule has 0 aliphatic carbocycles. The molecule has 4 rings (SSSR count). The standard InChI is InChI=1S/C19H26N4O2S/c1-14-20-18(19-23(14)12-13-26-19)15-6-10-22(11-7-15)17(25)5-3-9-21-8-2-4-16(21)24/h12-13,15H,2-11H2,1H3. The molecule has 0 radical (unpaired) electrons. The highest BCUT2D eigenvalue weighted by Gasteiger charge is 2.27. The third kappa shape index (κ3) is 3.37. The Hall–Kier alpha value is -1.89. The molecular weight excluding hydrogens is 348 g/mol. The molecule has 0 spiro atoms. The van der Waals surface area contributed by atoms with Crippen molar-refractivity contribution < 1.29 is 9.59 Å². The Labute approximate surface area is 157 Å². The third-order valence-electron chi connectivity index (χ3n) is 5.68. The van der Waals surface area contributed by atoms with Crippen LogP contribution in [-0.2, 0) is 9.59 Å². The van der Waals surface area contributed by atoms with E-state index in [1.54, 1.807) is 11.3 Å². The van der Waals surface area contributed by atoms with Crippen molar-refractivity contribution in [3.05, 3.63) is 23.1 Å². The lowest BCUT2D eigenvalue weighted by Gasteiger charge is -2.31. The summed E-state index contributed by atoms with van der Waals surface area (Å²) < 4.78 is 2.16. The molecule has 0 atom stereocenters. The predicted octanol–water partition coefficient (Wildman–Crippen LogP) is 2.81. The van der Waals surface area contributed by atoms with Crippen LogP contribution < -0.4 is 0 Å². The highest BCUT2D eigenvalue weighted by molar-refractivity contribution is 7.15. The van der Waals surface area contributed by atoms with Crippen molar-refractivity contribution in [3.63, 3.8) is 0 Å². The van der Waals surface area contributed by atoms with Crippen LogP contribution in [0.4, 0.5) is 0 Å². The first-order chi connectivity index (χ1) is 12.6. The first-order valence-electron chi connectivity index (χ1n) is 9.61. The van der Waals surface area contributed by atoms with Crippen LogP contribution in [0.25, 0.3) is 4.83 Å². The van der Waals surface area contributed by atoms with E-state index in [2.05, 4.69) is 16.0 Å². The molecule has 2 aliphatic rings. The maximum Gasteiger partial charge on any atom is 0.222 e. The summed E-state index contributed by atoms with van der Waals surface area (Å²) in [6, 6.07) is 0. The number of fused-ring (bicyclic) bond motifs is 1. The lowest BCUT2D eigenvalue weighted by molar-refractivity contribution is -0.133. The van der Waals surface area contributed by atoms with Crippen molar-refractivity contribution in [3.8, 4) is 0 Å². The number of carbonyl (C=O) groups excluding carboxylic acids is 2. The number of likely N-dealkylation sites (tertiary alicyclic amines) is 2. The first-order valence-corrected chi connectivity index (χ1v) is 10.5. The van der Waals surface area contributed by atoms with Crippen molar-refractivity contribution in [1.82, 2.24) is 19.2 Å². The van der Waals surface area contributed by atoms with Gasteiger partial charge in [0.25, 0.3) is 0 Å². The Bertz CT molecular complexity index is 804. The Morgan fingerprint density at radius 1 is 1.31 bits per heavy atom. The number of rotatable bonds is 5. The lowest BCUT2D eigenvalue weighted by atomic mass is 9.94. The molecule has 2 aromatic heterocycles. The molecule has 2 saturated heterocycles. The molecule has 7 heteroatoms. The van der Waals surface area contributed by atoms with Crippen molar-refractivity contribution in [2.75, 3.05) is 26.2 Å². The molecular formula is C19H26N4O2S. The summed E-state index contributed by atoms with van der Waals surface area (Å²) in [6.07, 6.45) is 7.02. The van der Waals surface area contributed by atoms with E-state index in [1.165, 1.54) is 10.5 Å². The second kappa shape index (κ2) is 7.39. The predicted molar refractivity (Wildman–Crippen MR) is 101 cm³/mol. The average Bonchev–Trinajstić information content (AvgIpc) is 3.35. The second-order valence-corrected chi connectivity index (χ2v) is 8.26. The van der Waals surface area contributed by atoms with Crippen LogP contribution in [0.2, 0.25) is 0 Å². The van der Waals surface area contributed by atoms with Gasteiger partial charge in [0.15, 0.2) is 0 Å². The zero-order chi connectivity index (χ0) is 18.1. The number of imidazole rings is 1. The van der Waals surface area contributed by atoms with Crippen molar-refractivity contribution in [2.45, 2.75) is 51.4 Å². The number of aryl methyl sites for hydroxylation is 1. The number of amides is 2. The summed E-state index contributed by atoms with van der Waals surface area (Å²) >= 11 is 1.75. The maximum absolute atomic E-state index is 12.5. The van der Waals surface area contributed by atoms with Crippen LogP contribution in [0, 0.1) is 6.92 Å². The minimum absolute atomic E-state index is 0.234. The zero-order valence-electron chi connectivity index (χ0n) is 15.3. The number of hydrogen-bond acceptors (Lipinski definition) is 4. The molecule has 2 fully saturated rings. The molecule has 4 heterocycles. The van der Waals surface area contributed by atoms with Gasteiger partial charge >= 0.3 is 0 Å². The summed E-state index contributed by atoms with van der Waals surface area (Å²) in [6.45, 7) is 5.27. The number of carbonyl (C=O) groups is 2. The van der Waals surface area contributed by atoms with Gasteiger partial charge in [-0.2, -0.15) is 0 Å².